The number of hydrogen-bond donors (Lipinski definition) is 1. The van der Waals surface area contributed by atoms with Gasteiger partial charge >= 0.3 is 0 Å². The maximum atomic E-state index is 11.9. The zero-order valence-electron chi connectivity index (χ0n) is 5.20. The van der Waals surface area contributed by atoms with Gasteiger partial charge in [0.05, 0.1) is 5.41 Å². The van der Waals surface area contributed by atoms with Crippen LogP contribution in [0.2, 0.25) is 0 Å². The molecule has 0 aromatic heterocycles. The van der Waals surface area contributed by atoms with Gasteiger partial charge in [-0.2, -0.15) is 0 Å². The van der Waals surface area contributed by atoms with Crippen molar-refractivity contribution in [3.8, 4) is 0 Å². The van der Waals surface area contributed by atoms with E-state index in [2.05, 4.69) is 0 Å². The zero-order valence-corrected chi connectivity index (χ0v) is 5.20. The van der Waals surface area contributed by atoms with Crippen molar-refractivity contribution in [1.82, 2.24) is 0 Å². The summed E-state index contributed by atoms with van der Waals surface area (Å²) in [6.07, 6.45) is -0.507. The molecule has 0 amide bonds. The normalized spacial score (nSPS) is 34.0. The van der Waals surface area contributed by atoms with Crippen LogP contribution in [0.15, 0.2) is 11.8 Å². The Morgan fingerprint density at radius 1 is 1.78 bits per heavy atom. The Hall–Kier alpha value is -0.600. The first-order valence-corrected chi connectivity index (χ1v) is 2.80. The van der Waals surface area contributed by atoms with Gasteiger partial charge in [0.15, 0.2) is 0 Å². The lowest BCUT2D eigenvalue weighted by molar-refractivity contribution is 0.0267. The molecule has 0 bridgehead atoms. The Bertz CT molecular complexity index is 153. The summed E-state index contributed by atoms with van der Waals surface area (Å²) < 4.78 is 23.9. The molecule has 0 aromatic rings. The van der Waals surface area contributed by atoms with Crippen LogP contribution < -0.4 is 5.73 Å². The van der Waals surface area contributed by atoms with Gasteiger partial charge in [-0.05, 0) is 0 Å². The standard InChI is InChI=1S/C6H9F2N/c1-6(5(7)8)2-4(9)3-6/h2,5H,3,9H2,1H3. The van der Waals surface area contributed by atoms with Crippen LogP contribution in [0.1, 0.15) is 13.3 Å². The number of hydrogen-bond acceptors (Lipinski definition) is 1. The number of rotatable bonds is 1. The Balaban J connectivity index is 2.62. The Morgan fingerprint density at radius 2 is 2.22 bits per heavy atom. The minimum atomic E-state index is -2.27. The van der Waals surface area contributed by atoms with Crippen molar-refractivity contribution >= 4 is 0 Å². The largest absolute Gasteiger partial charge is 0.402 e. The first kappa shape index (κ1) is 6.52. The molecule has 9 heavy (non-hydrogen) atoms. The minimum Gasteiger partial charge on any atom is -0.402 e. The molecule has 1 nitrogen and oxygen atoms in total. The highest BCUT2D eigenvalue weighted by Crippen LogP contribution is 2.41. The second-order valence-electron chi connectivity index (χ2n) is 2.70. The van der Waals surface area contributed by atoms with E-state index in [1.54, 1.807) is 0 Å². The van der Waals surface area contributed by atoms with Gasteiger partial charge in [-0.1, -0.05) is 13.0 Å². The molecular formula is C6H9F2N. The Morgan fingerprint density at radius 3 is 2.33 bits per heavy atom. The smallest absolute Gasteiger partial charge is 0.247 e. The van der Waals surface area contributed by atoms with Crippen LogP contribution in [-0.4, -0.2) is 6.43 Å². The van der Waals surface area contributed by atoms with Gasteiger partial charge in [0.2, 0.25) is 6.43 Å². The highest BCUT2D eigenvalue weighted by Gasteiger charge is 2.39. The molecule has 0 aromatic carbocycles. The van der Waals surface area contributed by atoms with Crippen LogP contribution >= 0.6 is 0 Å². The molecule has 0 radical (unpaired) electrons. The zero-order chi connectivity index (χ0) is 7.07. The van der Waals surface area contributed by atoms with Crippen LogP contribution in [0.4, 0.5) is 8.78 Å². The van der Waals surface area contributed by atoms with Crippen molar-refractivity contribution in [2.45, 2.75) is 19.8 Å². The molecule has 0 aliphatic heterocycles. The molecule has 0 heterocycles. The van der Waals surface area contributed by atoms with Crippen LogP contribution in [0.25, 0.3) is 0 Å². The summed E-state index contributed by atoms with van der Waals surface area (Å²) in [6.45, 7) is 1.51. The number of nitrogens with two attached hydrogens (primary N) is 1. The van der Waals surface area contributed by atoms with Crippen molar-refractivity contribution in [2.24, 2.45) is 11.1 Å². The highest BCUT2D eigenvalue weighted by molar-refractivity contribution is 5.20. The highest BCUT2D eigenvalue weighted by atomic mass is 19.3. The number of alkyl halides is 2. The van der Waals surface area contributed by atoms with Gasteiger partial charge in [-0.3, -0.25) is 0 Å². The van der Waals surface area contributed by atoms with E-state index in [9.17, 15) is 8.78 Å². The van der Waals surface area contributed by atoms with Crippen molar-refractivity contribution in [1.29, 1.82) is 0 Å². The summed E-state index contributed by atoms with van der Waals surface area (Å²) in [6, 6.07) is 0. The molecule has 0 saturated heterocycles. The maximum absolute atomic E-state index is 11.9. The summed E-state index contributed by atoms with van der Waals surface area (Å²) in [5.74, 6) is 0. The first-order chi connectivity index (χ1) is 4.04. The quantitative estimate of drug-likeness (QED) is 0.576. The summed E-state index contributed by atoms with van der Waals surface area (Å²) in [7, 11) is 0. The van der Waals surface area contributed by atoms with Crippen molar-refractivity contribution in [3.05, 3.63) is 11.8 Å². The van der Waals surface area contributed by atoms with Gasteiger partial charge < -0.3 is 5.73 Å². The average molecular weight is 133 g/mol. The van der Waals surface area contributed by atoms with Gasteiger partial charge in [0.25, 0.3) is 0 Å². The van der Waals surface area contributed by atoms with Gasteiger partial charge in [-0.25, -0.2) is 8.78 Å². The summed E-state index contributed by atoms with van der Waals surface area (Å²) in [4.78, 5) is 0. The molecule has 1 rings (SSSR count). The second kappa shape index (κ2) is 1.69. The van der Waals surface area contributed by atoms with E-state index in [-0.39, 0.29) is 0 Å². The number of halogens is 2. The van der Waals surface area contributed by atoms with E-state index in [0.717, 1.165) is 0 Å². The monoisotopic (exact) mass is 133 g/mol. The molecule has 0 spiro atoms. The van der Waals surface area contributed by atoms with E-state index in [1.165, 1.54) is 13.0 Å². The third-order valence-electron chi connectivity index (χ3n) is 1.60. The predicted octanol–water partition coefficient (Wildman–Crippen LogP) is 1.50. The van der Waals surface area contributed by atoms with Crippen LogP contribution in [0.3, 0.4) is 0 Å². The van der Waals surface area contributed by atoms with E-state index in [0.29, 0.717) is 12.1 Å². The fourth-order valence-corrected chi connectivity index (χ4v) is 0.974. The second-order valence-corrected chi connectivity index (χ2v) is 2.70. The molecule has 1 atom stereocenters. The van der Waals surface area contributed by atoms with Gasteiger partial charge in [-0.15, -0.1) is 0 Å². The Kier molecular flexibility index (Phi) is 1.22. The fourth-order valence-electron chi connectivity index (χ4n) is 0.974. The number of allylic oxidation sites excluding steroid dienone is 2. The minimum absolute atomic E-state index is 0.338. The first-order valence-electron chi connectivity index (χ1n) is 2.80. The molecule has 0 fully saturated rings. The van der Waals surface area contributed by atoms with Crippen LogP contribution in [-0.2, 0) is 0 Å². The maximum Gasteiger partial charge on any atom is 0.247 e. The average Bonchev–Trinajstić information content (AvgIpc) is 1.62. The molecule has 2 N–H and O–H groups in total. The fraction of sp³-hybridized carbons (Fsp3) is 0.667. The third-order valence-corrected chi connectivity index (χ3v) is 1.60. The molecule has 1 aliphatic carbocycles. The molecular weight excluding hydrogens is 124 g/mol. The van der Waals surface area contributed by atoms with Crippen LogP contribution in [0, 0.1) is 5.41 Å². The molecule has 0 saturated carbocycles. The lowest BCUT2D eigenvalue weighted by Gasteiger charge is -2.33. The topological polar surface area (TPSA) is 26.0 Å². The predicted molar refractivity (Wildman–Crippen MR) is 31.0 cm³/mol. The van der Waals surface area contributed by atoms with E-state index in [4.69, 9.17) is 5.73 Å². The van der Waals surface area contributed by atoms with E-state index in [1.807, 2.05) is 0 Å². The van der Waals surface area contributed by atoms with Crippen molar-refractivity contribution in [3.63, 3.8) is 0 Å². The van der Waals surface area contributed by atoms with Crippen LogP contribution in [0.5, 0.6) is 0 Å². The summed E-state index contributed by atoms with van der Waals surface area (Å²) in [5, 5.41) is 0. The molecule has 3 heteroatoms. The Labute approximate surface area is 52.5 Å². The van der Waals surface area contributed by atoms with Crippen molar-refractivity contribution < 1.29 is 8.78 Å². The lowest BCUT2D eigenvalue weighted by Crippen LogP contribution is -2.34. The van der Waals surface area contributed by atoms with Gasteiger partial charge in [0, 0.05) is 12.1 Å². The summed E-state index contributed by atoms with van der Waals surface area (Å²) >= 11 is 0. The lowest BCUT2D eigenvalue weighted by atomic mass is 9.76. The molecule has 1 unspecified atom stereocenters. The molecule has 1 aliphatic rings. The van der Waals surface area contributed by atoms with E-state index < -0.39 is 11.8 Å². The van der Waals surface area contributed by atoms with Crippen molar-refractivity contribution in [2.75, 3.05) is 0 Å². The summed E-state index contributed by atoms with van der Waals surface area (Å²) in [5.41, 5.74) is 4.87. The third kappa shape index (κ3) is 0.910. The SMILES string of the molecule is CC1(C(F)F)C=C(N)C1. The van der Waals surface area contributed by atoms with E-state index >= 15 is 0 Å². The van der Waals surface area contributed by atoms with Gasteiger partial charge in [0.1, 0.15) is 0 Å². The molecule has 52 valence electrons.